The Morgan fingerprint density at radius 3 is 2.16 bits per heavy atom. The highest BCUT2D eigenvalue weighted by molar-refractivity contribution is 7.72. The fourth-order valence-corrected chi connectivity index (χ4v) is 10.1. The van der Waals surface area contributed by atoms with Gasteiger partial charge >= 0.3 is 0 Å². The summed E-state index contributed by atoms with van der Waals surface area (Å²) in [5.74, 6) is 0.189. The summed E-state index contributed by atoms with van der Waals surface area (Å²) in [5, 5.41) is 1.08. The van der Waals surface area contributed by atoms with Crippen LogP contribution < -0.4 is 5.30 Å². The number of alkyl halides is 2. The van der Waals surface area contributed by atoms with E-state index in [1.165, 1.54) is 5.56 Å². The average Bonchev–Trinajstić information content (AvgIpc) is 2.49. The molecule has 19 heavy (non-hydrogen) atoms. The van der Waals surface area contributed by atoms with E-state index in [1.54, 1.807) is 0 Å². The fourth-order valence-electron chi connectivity index (χ4n) is 4.08. The number of fused-ring (bicyclic) bond motifs is 1. The maximum absolute atomic E-state index is 13.4. The molecule has 0 N–H and O–H groups in total. The van der Waals surface area contributed by atoms with Gasteiger partial charge in [0.1, 0.15) is 11.5 Å². The molecule has 1 saturated heterocycles. The van der Waals surface area contributed by atoms with E-state index in [0.29, 0.717) is 12.3 Å². The summed E-state index contributed by atoms with van der Waals surface area (Å²) in [5.41, 5.74) is 3.38. The third kappa shape index (κ3) is 1.71. The maximum atomic E-state index is 13.4. The standard InChI is InChI=1S/C15H19Cl2OP/c1-9-5-10(2)13(11(3)6-9)19(18)7-12-14(4,8-19)15(12,16)17/h5-6,12H,7-8H2,1-4H3/t12-,14+,19+/m1/s1. The van der Waals surface area contributed by atoms with Crippen LogP contribution in [0.5, 0.6) is 0 Å². The second-order valence-electron chi connectivity index (χ2n) is 6.57. The fraction of sp³-hybridized carbons (Fsp3) is 0.600. The number of benzene rings is 1. The molecule has 1 saturated carbocycles. The second-order valence-corrected chi connectivity index (χ2v) is 10.9. The van der Waals surface area contributed by atoms with Crippen molar-refractivity contribution >= 4 is 35.6 Å². The highest BCUT2D eigenvalue weighted by Gasteiger charge is 2.79. The van der Waals surface area contributed by atoms with Gasteiger partial charge in [-0.2, -0.15) is 0 Å². The van der Waals surface area contributed by atoms with Crippen LogP contribution in [0.15, 0.2) is 12.1 Å². The normalized spacial score (nSPS) is 39.2. The van der Waals surface area contributed by atoms with Crippen LogP contribution in [0.4, 0.5) is 0 Å². The van der Waals surface area contributed by atoms with Gasteiger partial charge in [-0.3, -0.25) is 0 Å². The summed E-state index contributed by atoms with van der Waals surface area (Å²) >= 11 is 12.6. The summed E-state index contributed by atoms with van der Waals surface area (Å²) in [7, 11) is -2.34. The van der Waals surface area contributed by atoms with E-state index in [9.17, 15) is 4.57 Å². The Balaban J connectivity index is 2.05. The monoisotopic (exact) mass is 316 g/mol. The number of rotatable bonds is 1. The van der Waals surface area contributed by atoms with Crippen LogP contribution >= 0.6 is 30.3 Å². The predicted molar refractivity (Wildman–Crippen MR) is 83.7 cm³/mol. The largest absolute Gasteiger partial charge is 0.319 e. The van der Waals surface area contributed by atoms with Crippen LogP contribution in [-0.2, 0) is 4.57 Å². The smallest absolute Gasteiger partial charge is 0.128 e. The van der Waals surface area contributed by atoms with Crippen molar-refractivity contribution in [3.63, 3.8) is 0 Å². The first-order chi connectivity index (χ1) is 8.62. The Morgan fingerprint density at radius 2 is 1.74 bits per heavy atom. The molecule has 0 spiro atoms. The molecule has 0 unspecified atom stereocenters. The maximum Gasteiger partial charge on any atom is 0.128 e. The summed E-state index contributed by atoms with van der Waals surface area (Å²) < 4.78 is 12.7. The average molecular weight is 317 g/mol. The molecule has 0 radical (unpaired) electrons. The molecule has 1 aromatic rings. The van der Waals surface area contributed by atoms with E-state index >= 15 is 0 Å². The van der Waals surface area contributed by atoms with Crippen molar-refractivity contribution < 1.29 is 4.57 Å². The quantitative estimate of drug-likeness (QED) is 0.553. The molecular formula is C15H19Cl2OP. The summed E-state index contributed by atoms with van der Waals surface area (Å²) in [6, 6.07) is 4.26. The highest BCUT2D eigenvalue weighted by Crippen LogP contribution is 2.81. The molecule has 1 nitrogen and oxygen atoms in total. The first kappa shape index (κ1) is 14.0. The Kier molecular flexibility index (Phi) is 2.81. The second kappa shape index (κ2) is 3.81. The van der Waals surface area contributed by atoms with Crippen molar-refractivity contribution in [2.75, 3.05) is 12.3 Å². The topological polar surface area (TPSA) is 17.1 Å². The van der Waals surface area contributed by atoms with Gasteiger partial charge < -0.3 is 4.57 Å². The predicted octanol–water partition coefficient (Wildman–Crippen LogP) is 4.42. The summed E-state index contributed by atoms with van der Waals surface area (Å²) in [6.07, 6.45) is 1.32. The number of aryl methyl sites for hydroxylation is 3. The van der Waals surface area contributed by atoms with Gasteiger partial charge in [-0.1, -0.05) is 24.6 Å². The molecule has 0 amide bonds. The van der Waals surface area contributed by atoms with Gasteiger partial charge in [0.15, 0.2) is 0 Å². The minimum atomic E-state index is -2.34. The first-order valence-electron chi connectivity index (χ1n) is 6.66. The molecular weight excluding hydrogens is 298 g/mol. The molecule has 2 fully saturated rings. The highest BCUT2D eigenvalue weighted by atomic mass is 35.5. The van der Waals surface area contributed by atoms with Crippen LogP contribution in [0.3, 0.4) is 0 Å². The van der Waals surface area contributed by atoms with Gasteiger partial charge in [-0.05, 0) is 31.9 Å². The zero-order valence-electron chi connectivity index (χ0n) is 11.8. The SMILES string of the molecule is Cc1cc(C)c([P@]2(=O)C[C@H]3C(Cl)(Cl)[C@@]3(C)C2)c(C)c1. The Bertz CT molecular complexity index is 600. The van der Waals surface area contributed by atoms with Crippen molar-refractivity contribution in [3.8, 4) is 0 Å². The zero-order valence-corrected chi connectivity index (χ0v) is 14.2. The Morgan fingerprint density at radius 1 is 1.21 bits per heavy atom. The lowest BCUT2D eigenvalue weighted by atomic mass is 10.1. The minimum absolute atomic E-state index is 0.157. The van der Waals surface area contributed by atoms with Crippen molar-refractivity contribution in [3.05, 3.63) is 28.8 Å². The minimum Gasteiger partial charge on any atom is -0.319 e. The van der Waals surface area contributed by atoms with Crippen LogP contribution in [-0.4, -0.2) is 16.7 Å². The Hall–Kier alpha value is 0.0300. The van der Waals surface area contributed by atoms with Gasteiger partial charge in [-0.25, -0.2) is 0 Å². The zero-order chi connectivity index (χ0) is 14.2. The van der Waals surface area contributed by atoms with Crippen LogP contribution in [0.25, 0.3) is 0 Å². The Labute approximate surface area is 125 Å². The van der Waals surface area contributed by atoms with E-state index in [4.69, 9.17) is 23.2 Å². The lowest BCUT2D eigenvalue weighted by Gasteiger charge is -2.23. The molecule has 104 valence electrons. The van der Waals surface area contributed by atoms with Crippen molar-refractivity contribution in [1.29, 1.82) is 0 Å². The van der Waals surface area contributed by atoms with Gasteiger partial charge in [0.2, 0.25) is 0 Å². The van der Waals surface area contributed by atoms with E-state index < -0.39 is 11.5 Å². The molecule has 0 aromatic heterocycles. The molecule has 3 rings (SSSR count). The van der Waals surface area contributed by atoms with E-state index in [1.807, 2.05) is 0 Å². The van der Waals surface area contributed by atoms with Gasteiger partial charge in [-0.15, -0.1) is 23.2 Å². The van der Waals surface area contributed by atoms with Crippen molar-refractivity contribution in [2.45, 2.75) is 32.0 Å². The molecule has 1 aliphatic carbocycles. The molecule has 1 aliphatic heterocycles. The van der Waals surface area contributed by atoms with Crippen LogP contribution in [0.2, 0.25) is 0 Å². The molecule has 1 aromatic carbocycles. The summed E-state index contributed by atoms with van der Waals surface area (Å²) in [6.45, 7) is 8.29. The molecule has 0 bridgehead atoms. The summed E-state index contributed by atoms with van der Waals surface area (Å²) in [4.78, 5) is 0. The van der Waals surface area contributed by atoms with E-state index in [0.717, 1.165) is 16.4 Å². The molecule has 3 atom stereocenters. The number of halogens is 2. The van der Waals surface area contributed by atoms with Crippen molar-refractivity contribution in [2.24, 2.45) is 11.3 Å². The van der Waals surface area contributed by atoms with Gasteiger partial charge in [0.05, 0.1) is 0 Å². The number of hydrogen-bond acceptors (Lipinski definition) is 1. The third-order valence-corrected chi connectivity index (χ3v) is 10.0. The lowest BCUT2D eigenvalue weighted by molar-refractivity contribution is 0.572. The molecule has 1 heterocycles. The van der Waals surface area contributed by atoms with E-state index in [-0.39, 0.29) is 11.3 Å². The third-order valence-electron chi connectivity index (χ3n) is 4.99. The van der Waals surface area contributed by atoms with Crippen LogP contribution in [0, 0.1) is 32.1 Å². The number of hydrogen-bond donors (Lipinski definition) is 0. The first-order valence-corrected chi connectivity index (χ1v) is 9.49. The lowest BCUT2D eigenvalue weighted by Crippen LogP contribution is -2.21. The van der Waals surface area contributed by atoms with E-state index in [2.05, 4.69) is 39.8 Å². The van der Waals surface area contributed by atoms with Crippen molar-refractivity contribution in [1.82, 2.24) is 0 Å². The van der Waals surface area contributed by atoms with Crippen LogP contribution in [0.1, 0.15) is 23.6 Å². The van der Waals surface area contributed by atoms with Gasteiger partial charge in [0.25, 0.3) is 0 Å². The van der Waals surface area contributed by atoms with Gasteiger partial charge in [0, 0.05) is 29.0 Å². The molecule has 4 heteroatoms. The molecule has 2 aliphatic rings.